The standard InChI is InChI=1S/C26H27FN6/c1-31-10-7-20(8-11-31)33-16-19(15-30-33)21-14-24-22(13-23(21)27)26(29-17-28-24)32-12-9-25(32)18-5-3-2-4-6-18/h2-6,13-17,20,25H,7-12H2,1H3. The van der Waals surface area contributed by atoms with Gasteiger partial charge in [0.05, 0.1) is 23.8 Å². The fourth-order valence-corrected chi connectivity index (χ4v) is 5.11. The Labute approximate surface area is 192 Å². The Balaban J connectivity index is 1.32. The minimum absolute atomic E-state index is 0.264. The zero-order chi connectivity index (χ0) is 22.4. The van der Waals surface area contributed by atoms with E-state index in [9.17, 15) is 0 Å². The molecule has 1 atom stereocenters. The van der Waals surface area contributed by atoms with Crippen molar-refractivity contribution < 1.29 is 4.39 Å². The predicted molar refractivity (Wildman–Crippen MR) is 128 cm³/mol. The number of hydrogen-bond acceptors (Lipinski definition) is 5. The van der Waals surface area contributed by atoms with Crippen molar-refractivity contribution in [2.24, 2.45) is 0 Å². The third kappa shape index (κ3) is 3.66. The van der Waals surface area contributed by atoms with Crippen molar-refractivity contribution in [2.45, 2.75) is 31.3 Å². The minimum atomic E-state index is -0.265. The number of anilines is 1. The maximum absolute atomic E-state index is 15.4. The van der Waals surface area contributed by atoms with E-state index >= 15 is 4.39 Å². The molecule has 0 bridgehead atoms. The van der Waals surface area contributed by atoms with Gasteiger partial charge in [-0.05, 0) is 57.1 Å². The van der Waals surface area contributed by atoms with Crippen molar-refractivity contribution in [2.75, 3.05) is 31.6 Å². The number of hydrogen-bond donors (Lipinski definition) is 0. The topological polar surface area (TPSA) is 50.1 Å². The molecular weight excluding hydrogens is 415 g/mol. The zero-order valence-electron chi connectivity index (χ0n) is 18.7. The molecule has 0 saturated carbocycles. The Bertz CT molecular complexity index is 1280. The van der Waals surface area contributed by atoms with E-state index < -0.39 is 0 Å². The Morgan fingerprint density at radius 1 is 0.970 bits per heavy atom. The van der Waals surface area contributed by atoms with Crippen LogP contribution in [0.4, 0.5) is 10.2 Å². The van der Waals surface area contributed by atoms with Crippen LogP contribution in [0.3, 0.4) is 0 Å². The van der Waals surface area contributed by atoms with Crippen LogP contribution in [-0.4, -0.2) is 51.3 Å². The Hall–Kier alpha value is -3.32. The molecule has 168 valence electrons. The van der Waals surface area contributed by atoms with Crippen molar-refractivity contribution in [3.8, 4) is 11.1 Å². The molecule has 2 aromatic carbocycles. The quantitative estimate of drug-likeness (QED) is 0.452. The summed E-state index contributed by atoms with van der Waals surface area (Å²) in [6.07, 6.45) is 8.52. The molecule has 6 nitrogen and oxygen atoms in total. The summed E-state index contributed by atoms with van der Waals surface area (Å²) in [7, 11) is 2.15. The molecule has 0 amide bonds. The molecule has 1 unspecified atom stereocenters. The molecule has 0 radical (unpaired) electrons. The van der Waals surface area contributed by atoms with E-state index in [-0.39, 0.29) is 11.9 Å². The average Bonchev–Trinajstić information content (AvgIpc) is 3.30. The largest absolute Gasteiger partial charge is 0.349 e. The van der Waals surface area contributed by atoms with Gasteiger partial charge in [-0.25, -0.2) is 14.4 Å². The van der Waals surface area contributed by atoms with Gasteiger partial charge in [-0.3, -0.25) is 4.68 Å². The lowest BCUT2D eigenvalue weighted by molar-refractivity contribution is 0.212. The normalized spacial score (nSPS) is 19.7. The Morgan fingerprint density at radius 3 is 2.55 bits per heavy atom. The van der Waals surface area contributed by atoms with Crippen LogP contribution >= 0.6 is 0 Å². The van der Waals surface area contributed by atoms with Gasteiger partial charge >= 0.3 is 0 Å². The second-order valence-corrected chi connectivity index (χ2v) is 9.20. The molecule has 33 heavy (non-hydrogen) atoms. The van der Waals surface area contributed by atoms with E-state index in [0.717, 1.165) is 61.2 Å². The van der Waals surface area contributed by atoms with E-state index in [4.69, 9.17) is 0 Å². The van der Waals surface area contributed by atoms with E-state index in [2.05, 4.69) is 56.2 Å². The van der Waals surface area contributed by atoms with E-state index in [1.54, 1.807) is 18.6 Å². The summed E-state index contributed by atoms with van der Waals surface area (Å²) < 4.78 is 17.4. The molecular formula is C26H27FN6. The van der Waals surface area contributed by atoms with Crippen molar-refractivity contribution in [3.05, 3.63) is 72.6 Å². The first kappa shape index (κ1) is 20.3. The minimum Gasteiger partial charge on any atom is -0.349 e. The summed E-state index contributed by atoms with van der Waals surface area (Å²) in [5.74, 6) is 0.533. The van der Waals surface area contributed by atoms with Crippen molar-refractivity contribution in [1.29, 1.82) is 0 Å². The van der Waals surface area contributed by atoms with Gasteiger partial charge in [-0.2, -0.15) is 5.10 Å². The summed E-state index contributed by atoms with van der Waals surface area (Å²) in [5, 5.41) is 5.32. The number of halogens is 1. The van der Waals surface area contributed by atoms with Crippen molar-refractivity contribution in [1.82, 2.24) is 24.6 Å². The van der Waals surface area contributed by atoms with Gasteiger partial charge in [0.25, 0.3) is 0 Å². The maximum atomic E-state index is 15.4. The summed E-state index contributed by atoms with van der Waals surface area (Å²) in [4.78, 5) is 13.6. The number of piperidine rings is 1. The Morgan fingerprint density at radius 2 is 1.79 bits per heavy atom. The molecule has 2 aromatic heterocycles. The van der Waals surface area contributed by atoms with Crippen LogP contribution < -0.4 is 4.90 Å². The number of likely N-dealkylation sites (tertiary alicyclic amines) is 1. The number of nitrogens with zero attached hydrogens (tertiary/aromatic N) is 6. The SMILES string of the molecule is CN1CCC(n2cc(-c3cc4ncnc(N5CCC5c5ccccc5)c4cc3F)cn2)CC1. The smallest absolute Gasteiger partial charge is 0.140 e. The molecule has 2 fully saturated rings. The highest BCUT2D eigenvalue weighted by molar-refractivity contribution is 5.93. The van der Waals surface area contributed by atoms with E-state index in [1.165, 1.54) is 5.56 Å². The van der Waals surface area contributed by atoms with Gasteiger partial charge in [-0.1, -0.05) is 30.3 Å². The molecule has 4 aromatic rings. The van der Waals surface area contributed by atoms with Crippen LogP contribution in [0.5, 0.6) is 0 Å². The second-order valence-electron chi connectivity index (χ2n) is 9.20. The second kappa shape index (κ2) is 8.23. The van der Waals surface area contributed by atoms with E-state index in [0.29, 0.717) is 11.6 Å². The van der Waals surface area contributed by atoms with Crippen LogP contribution in [0, 0.1) is 5.82 Å². The van der Waals surface area contributed by atoms with Crippen LogP contribution in [0.25, 0.3) is 22.0 Å². The molecule has 0 aliphatic carbocycles. The molecule has 2 aliphatic heterocycles. The first-order valence-electron chi connectivity index (χ1n) is 11.7. The summed E-state index contributed by atoms with van der Waals surface area (Å²) in [5.41, 5.74) is 3.34. The number of aromatic nitrogens is 4. The summed E-state index contributed by atoms with van der Waals surface area (Å²) >= 11 is 0. The van der Waals surface area contributed by atoms with Gasteiger partial charge < -0.3 is 9.80 Å². The van der Waals surface area contributed by atoms with Crippen LogP contribution in [0.15, 0.2) is 61.2 Å². The van der Waals surface area contributed by atoms with Gasteiger partial charge in [0, 0.05) is 29.3 Å². The molecule has 0 N–H and O–H groups in total. The highest BCUT2D eigenvalue weighted by atomic mass is 19.1. The average molecular weight is 443 g/mol. The first-order valence-corrected chi connectivity index (χ1v) is 11.7. The maximum Gasteiger partial charge on any atom is 0.140 e. The van der Waals surface area contributed by atoms with Gasteiger partial charge in [0.2, 0.25) is 0 Å². The molecule has 7 heteroatoms. The number of benzene rings is 2. The number of rotatable bonds is 4. The molecule has 0 spiro atoms. The molecule has 2 aliphatic rings. The monoisotopic (exact) mass is 442 g/mol. The highest BCUT2D eigenvalue weighted by Gasteiger charge is 2.32. The van der Waals surface area contributed by atoms with Gasteiger partial charge in [0.15, 0.2) is 0 Å². The van der Waals surface area contributed by atoms with Crippen molar-refractivity contribution in [3.63, 3.8) is 0 Å². The lowest BCUT2D eigenvalue weighted by Crippen LogP contribution is -2.41. The lowest BCUT2D eigenvalue weighted by Gasteiger charge is -2.42. The van der Waals surface area contributed by atoms with E-state index in [1.807, 2.05) is 23.0 Å². The third-order valence-electron chi connectivity index (χ3n) is 7.15. The highest BCUT2D eigenvalue weighted by Crippen LogP contribution is 2.40. The van der Waals surface area contributed by atoms with Crippen LogP contribution in [0.1, 0.15) is 36.9 Å². The van der Waals surface area contributed by atoms with Crippen LogP contribution in [-0.2, 0) is 0 Å². The fraction of sp³-hybridized carbons (Fsp3) is 0.346. The Kier molecular flexibility index (Phi) is 5.06. The van der Waals surface area contributed by atoms with Crippen molar-refractivity contribution >= 4 is 16.7 Å². The predicted octanol–water partition coefficient (Wildman–Crippen LogP) is 4.85. The third-order valence-corrected chi connectivity index (χ3v) is 7.15. The zero-order valence-corrected chi connectivity index (χ0v) is 18.7. The number of fused-ring (bicyclic) bond motifs is 1. The van der Waals surface area contributed by atoms with Gasteiger partial charge in [-0.15, -0.1) is 0 Å². The summed E-state index contributed by atoms with van der Waals surface area (Å²) in [6.45, 7) is 3.02. The summed E-state index contributed by atoms with van der Waals surface area (Å²) in [6, 6.07) is 14.5. The van der Waals surface area contributed by atoms with Gasteiger partial charge in [0.1, 0.15) is 18.0 Å². The molecule has 6 rings (SSSR count). The molecule has 4 heterocycles. The van der Waals surface area contributed by atoms with Crippen LogP contribution in [0.2, 0.25) is 0 Å². The first-order chi connectivity index (χ1) is 16.2. The lowest BCUT2D eigenvalue weighted by atomic mass is 9.94. The fourth-order valence-electron chi connectivity index (χ4n) is 5.11. The molecule has 2 saturated heterocycles.